The summed E-state index contributed by atoms with van der Waals surface area (Å²) in [4.78, 5) is 23.6. The van der Waals surface area contributed by atoms with Crippen LogP contribution in [0.25, 0.3) is 0 Å². The molecule has 0 fully saturated rings. The van der Waals surface area contributed by atoms with Crippen molar-refractivity contribution >= 4 is 11.8 Å². The number of hydrogen-bond acceptors (Lipinski definition) is 3. The summed E-state index contributed by atoms with van der Waals surface area (Å²) in [7, 11) is 1.56. The Morgan fingerprint density at radius 2 is 1.58 bits per heavy atom. The number of methoxy groups -OCH3 is 1. The minimum Gasteiger partial charge on any atom is -0.496 e. The molecule has 0 saturated carbocycles. The van der Waals surface area contributed by atoms with Gasteiger partial charge in [0.1, 0.15) is 18.0 Å². The molecule has 0 aromatic heterocycles. The maximum Gasteiger partial charge on any atom is 0.229 e. The molecule has 0 bridgehead atoms. The largest absolute Gasteiger partial charge is 0.496 e. The van der Waals surface area contributed by atoms with Crippen molar-refractivity contribution in [3.63, 3.8) is 0 Å². The summed E-state index contributed by atoms with van der Waals surface area (Å²) in [5.74, 6) is -0.422. The van der Waals surface area contributed by atoms with Crippen molar-refractivity contribution in [1.82, 2.24) is 10.6 Å². The highest BCUT2D eigenvalue weighted by Gasteiger charge is 2.10. The highest BCUT2D eigenvalue weighted by Crippen LogP contribution is 2.16. The number of ether oxygens (including phenoxy) is 1. The minimum atomic E-state index is -0.392. The Labute approximate surface area is 139 Å². The van der Waals surface area contributed by atoms with Crippen molar-refractivity contribution in [3.05, 3.63) is 65.5 Å². The molecule has 0 heterocycles. The lowest BCUT2D eigenvalue weighted by Gasteiger charge is -2.10. The average Bonchev–Trinajstić information content (AvgIpc) is 2.59. The zero-order valence-corrected chi connectivity index (χ0v) is 13.3. The van der Waals surface area contributed by atoms with Gasteiger partial charge in [0.2, 0.25) is 11.8 Å². The third kappa shape index (κ3) is 5.39. The normalized spacial score (nSPS) is 10.1. The molecule has 2 aromatic rings. The van der Waals surface area contributed by atoms with Gasteiger partial charge in [-0.1, -0.05) is 30.3 Å². The van der Waals surface area contributed by atoms with E-state index < -0.39 is 5.91 Å². The Kier molecular flexibility index (Phi) is 6.31. The third-order valence-corrected chi connectivity index (χ3v) is 3.39. The van der Waals surface area contributed by atoms with Gasteiger partial charge in [-0.05, 0) is 23.8 Å². The van der Waals surface area contributed by atoms with Crippen LogP contribution in [0.15, 0.2) is 48.5 Å². The molecule has 0 saturated heterocycles. The van der Waals surface area contributed by atoms with Crippen LogP contribution >= 0.6 is 0 Å². The molecule has 2 rings (SSSR count). The molecule has 0 aliphatic rings. The molecule has 2 aromatic carbocycles. The Bertz CT molecular complexity index is 702. The van der Waals surface area contributed by atoms with E-state index >= 15 is 0 Å². The quantitative estimate of drug-likeness (QED) is 0.765. The van der Waals surface area contributed by atoms with E-state index in [0.29, 0.717) is 5.75 Å². The van der Waals surface area contributed by atoms with E-state index in [4.69, 9.17) is 4.74 Å². The maximum atomic E-state index is 12.8. The van der Waals surface area contributed by atoms with Crippen molar-refractivity contribution < 1.29 is 18.7 Å². The molecule has 6 heteroatoms. The van der Waals surface area contributed by atoms with E-state index in [1.165, 1.54) is 12.1 Å². The zero-order chi connectivity index (χ0) is 17.4. The van der Waals surface area contributed by atoms with Gasteiger partial charge in [-0.15, -0.1) is 0 Å². The first kappa shape index (κ1) is 17.5. The van der Waals surface area contributed by atoms with E-state index in [1.54, 1.807) is 25.3 Å². The summed E-state index contributed by atoms with van der Waals surface area (Å²) >= 11 is 0. The topological polar surface area (TPSA) is 67.4 Å². The molecular formula is C18H19FN2O3. The molecule has 0 unspecified atom stereocenters. The van der Waals surface area contributed by atoms with Gasteiger partial charge in [0, 0.05) is 18.7 Å². The number of carbonyl (C=O) groups excluding carboxylic acids is 2. The number of halogens is 1. The SMILES string of the molecule is COc1ccccc1CNC(=O)CC(=O)NCc1ccc(F)cc1. The lowest BCUT2D eigenvalue weighted by Crippen LogP contribution is -2.31. The van der Waals surface area contributed by atoms with Crippen molar-refractivity contribution in [2.45, 2.75) is 19.5 Å². The Hall–Kier alpha value is -2.89. The van der Waals surface area contributed by atoms with Gasteiger partial charge in [0.15, 0.2) is 0 Å². The molecule has 0 spiro atoms. The van der Waals surface area contributed by atoms with Gasteiger partial charge in [0.25, 0.3) is 0 Å². The first-order chi connectivity index (χ1) is 11.6. The smallest absolute Gasteiger partial charge is 0.229 e. The summed E-state index contributed by atoms with van der Waals surface area (Å²) in [5.41, 5.74) is 1.60. The standard InChI is InChI=1S/C18H19FN2O3/c1-24-16-5-3-2-4-14(16)12-21-18(23)10-17(22)20-11-13-6-8-15(19)9-7-13/h2-9H,10-12H2,1H3,(H,20,22)(H,21,23). The third-order valence-electron chi connectivity index (χ3n) is 3.39. The van der Waals surface area contributed by atoms with Crippen LogP contribution in [0.5, 0.6) is 5.75 Å². The fraction of sp³-hybridized carbons (Fsp3) is 0.222. The van der Waals surface area contributed by atoms with Crippen molar-refractivity contribution in [3.8, 4) is 5.75 Å². The summed E-state index contributed by atoms with van der Waals surface area (Å²) in [5, 5.41) is 5.30. The van der Waals surface area contributed by atoms with E-state index in [2.05, 4.69) is 10.6 Å². The Morgan fingerprint density at radius 3 is 2.25 bits per heavy atom. The Morgan fingerprint density at radius 1 is 0.958 bits per heavy atom. The predicted octanol–water partition coefficient (Wildman–Crippen LogP) is 2.16. The summed E-state index contributed by atoms with van der Waals surface area (Å²) < 4.78 is 18.0. The van der Waals surface area contributed by atoms with Gasteiger partial charge in [-0.2, -0.15) is 0 Å². The van der Waals surface area contributed by atoms with Crippen LogP contribution in [-0.2, 0) is 22.7 Å². The second kappa shape index (κ2) is 8.67. The van der Waals surface area contributed by atoms with Crippen LogP contribution in [0.1, 0.15) is 17.5 Å². The number of carbonyl (C=O) groups is 2. The van der Waals surface area contributed by atoms with Crippen molar-refractivity contribution in [2.75, 3.05) is 7.11 Å². The van der Waals surface area contributed by atoms with Crippen molar-refractivity contribution in [1.29, 1.82) is 0 Å². The average molecular weight is 330 g/mol. The molecule has 126 valence electrons. The number of para-hydroxylation sites is 1. The van der Waals surface area contributed by atoms with E-state index in [0.717, 1.165) is 11.1 Å². The number of rotatable bonds is 7. The van der Waals surface area contributed by atoms with E-state index in [-0.39, 0.29) is 31.2 Å². The van der Waals surface area contributed by atoms with Crippen LogP contribution < -0.4 is 15.4 Å². The van der Waals surface area contributed by atoms with Crippen LogP contribution in [0, 0.1) is 5.82 Å². The Balaban J connectivity index is 1.75. The van der Waals surface area contributed by atoms with Gasteiger partial charge in [-0.25, -0.2) is 4.39 Å². The fourth-order valence-electron chi connectivity index (χ4n) is 2.12. The van der Waals surface area contributed by atoms with Gasteiger partial charge < -0.3 is 15.4 Å². The monoisotopic (exact) mass is 330 g/mol. The molecule has 0 aliphatic carbocycles. The fourth-order valence-corrected chi connectivity index (χ4v) is 2.12. The summed E-state index contributed by atoms with van der Waals surface area (Å²) in [6.45, 7) is 0.535. The van der Waals surface area contributed by atoms with Crippen LogP contribution in [0.3, 0.4) is 0 Å². The first-order valence-corrected chi connectivity index (χ1v) is 7.48. The number of amides is 2. The number of hydrogen-bond donors (Lipinski definition) is 2. The highest BCUT2D eigenvalue weighted by molar-refractivity contribution is 5.96. The molecule has 2 amide bonds. The number of benzene rings is 2. The molecule has 0 aliphatic heterocycles. The van der Waals surface area contributed by atoms with Gasteiger partial charge in [0.05, 0.1) is 7.11 Å². The van der Waals surface area contributed by atoms with Crippen LogP contribution in [0.4, 0.5) is 4.39 Å². The van der Waals surface area contributed by atoms with E-state index in [9.17, 15) is 14.0 Å². The summed E-state index contributed by atoms with van der Waals surface area (Å²) in [6.07, 6.45) is -0.268. The number of nitrogens with one attached hydrogen (secondary N) is 2. The molecule has 2 N–H and O–H groups in total. The van der Waals surface area contributed by atoms with Gasteiger partial charge in [-0.3, -0.25) is 9.59 Å². The van der Waals surface area contributed by atoms with Gasteiger partial charge >= 0.3 is 0 Å². The van der Waals surface area contributed by atoms with Crippen LogP contribution in [0.2, 0.25) is 0 Å². The zero-order valence-electron chi connectivity index (χ0n) is 13.3. The second-order valence-electron chi connectivity index (χ2n) is 5.17. The van der Waals surface area contributed by atoms with Crippen molar-refractivity contribution in [2.24, 2.45) is 0 Å². The second-order valence-corrected chi connectivity index (χ2v) is 5.17. The van der Waals surface area contributed by atoms with Crippen LogP contribution in [-0.4, -0.2) is 18.9 Å². The lowest BCUT2D eigenvalue weighted by molar-refractivity contribution is -0.129. The molecular weight excluding hydrogens is 311 g/mol. The molecule has 24 heavy (non-hydrogen) atoms. The maximum absolute atomic E-state index is 12.8. The minimum absolute atomic E-state index is 0.249. The predicted molar refractivity (Wildman–Crippen MR) is 87.7 cm³/mol. The first-order valence-electron chi connectivity index (χ1n) is 7.48. The summed E-state index contributed by atoms with van der Waals surface area (Å²) in [6, 6.07) is 13.1. The highest BCUT2D eigenvalue weighted by atomic mass is 19.1. The lowest BCUT2D eigenvalue weighted by atomic mass is 10.2. The molecule has 5 nitrogen and oxygen atoms in total. The molecule has 0 radical (unpaired) electrons. The molecule has 0 atom stereocenters. The van der Waals surface area contributed by atoms with E-state index in [1.807, 2.05) is 18.2 Å².